The first-order valence-corrected chi connectivity index (χ1v) is 17.0. The van der Waals surface area contributed by atoms with E-state index < -0.39 is 97.9 Å². The van der Waals surface area contributed by atoms with Crippen LogP contribution in [-0.2, 0) is 33.3 Å². The smallest absolute Gasteiger partial charge is 0.251 e. The van der Waals surface area contributed by atoms with Crippen molar-refractivity contribution in [2.24, 2.45) is 11.8 Å². The van der Waals surface area contributed by atoms with Crippen molar-refractivity contribution in [2.45, 2.75) is 165 Å². The molecule has 2 heterocycles. The molecular weight excluding hydrogens is 626 g/mol. The highest BCUT2D eigenvalue weighted by Crippen LogP contribution is 2.38. The molecule has 5 N–H and O–H groups in total. The zero-order valence-electron chi connectivity index (χ0n) is 28.0. The van der Waals surface area contributed by atoms with Gasteiger partial charge in [0.1, 0.15) is 42.7 Å². The fourth-order valence-corrected chi connectivity index (χ4v) is 7.31. The van der Waals surface area contributed by atoms with Crippen molar-refractivity contribution in [3.8, 4) is 0 Å². The summed E-state index contributed by atoms with van der Waals surface area (Å²) in [5.74, 6) is -1.86. The van der Waals surface area contributed by atoms with Crippen LogP contribution in [0.5, 0.6) is 0 Å². The molecule has 2 amide bonds. The maximum Gasteiger partial charge on any atom is 0.251 e. The summed E-state index contributed by atoms with van der Waals surface area (Å²) in [4.78, 5) is 27.2. The van der Waals surface area contributed by atoms with Crippen LogP contribution in [-0.4, -0.2) is 137 Å². The lowest BCUT2D eigenvalue weighted by Gasteiger charge is -2.48. The number of likely N-dealkylation sites (N-methyl/N-ethyl adjacent to an activating group) is 1. The zero-order chi connectivity index (χ0) is 34.6. The third-order valence-corrected chi connectivity index (χ3v) is 10.0. The van der Waals surface area contributed by atoms with Gasteiger partial charge in [0, 0.05) is 26.9 Å². The molecule has 0 aromatic heterocycles. The largest absolute Gasteiger partial charge is 0.388 e. The quantitative estimate of drug-likeness (QED) is 0.211. The van der Waals surface area contributed by atoms with E-state index in [1.54, 1.807) is 21.0 Å². The summed E-state index contributed by atoms with van der Waals surface area (Å²) in [6.07, 6.45) is -11.7. The molecule has 14 atom stereocenters. The lowest BCUT2D eigenvalue weighted by atomic mass is 9.84. The van der Waals surface area contributed by atoms with Gasteiger partial charge < -0.3 is 54.3 Å². The molecule has 2 saturated carbocycles. The van der Waals surface area contributed by atoms with Gasteiger partial charge in [-0.2, -0.15) is 0 Å². The molecule has 0 aromatic rings. The van der Waals surface area contributed by atoms with Crippen molar-refractivity contribution < 1.29 is 62.5 Å². The first-order valence-electron chi connectivity index (χ1n) is 17.0. The number of aliphatic hydroxyl groups excluding tert-OH is 4. The van der Waals surface area contributed by atoms with Gasteiger partial charge in [0.2, 0.25) is 12.3 Å². The maximum absolute atomic E-state index is 14.4. The van der Waals surface area contributed by atoms with Crippen molar-refractivity contribution in [3.63, 3.8) is 0 Å². The van der Waals surface area contributed by atoms with E-state index in [-0.39, 0.29) is 24.7 Å². The van der Waals surface area contributed by atoms with Gasteiger partial charge in [-0.05, 0) is 39.0 Å². The predicted octanol–water partition coefficient (Wildman–Crippen LogP) is 1.07. The van der Waals surface area contributed by atoms with E-state index in [9.17, 15) is 38.8 Å². The van der Waals surface area contributed by atoms with E-state index in [0.717, 1.165) is 32.1 Å². The van der Waals surface area contributed by atoms with Crippen molar-refractivity contribution in [2.75, 3.05) is 14.1 Å². The Kier molecular flexibility index (Phi) is 13.8. The molecule has 2 saturated heterocycles. The molecule has 0 spiro atoms. The van der Waals surface area contributed by atoms with Crippen LogP contribution >= 0.6 is 0 Å². The number of halogens is 2. The van der Waals surface area contributed by atoms with Crippen molar-refractivity contribution >= 4 is 11.8 Å². The van der Waals surface area contributed by atoms with E-state index in [4.69, 9.17) is 23.7 Å². The number of nitrogens with one attached hydrogen (secondary N) is 1. The van der Waals surface area contributed by atoms with Crippen LogP contribution in [0.3, 0.4) is 0 Å². The lowest BCUT2D eigenvalue weighted by Crippen LogP contribution is -2.66. The summed E-state index contributed by atoms with van der Waals surface area (Å²) >= 11 is 0. The normalized spacial score (nSPS) is 41.0. The molecule has 4 rings (SSSR count). The Balaban J connectivity index is 1.60. The molecule has 4 aliphatic rings. The van der Waals surface area contributed by atoms with Crippen LogP contribution in [0.1, 0.15) is 78.6 Å². The van der Waals surface area contributed by atoms with Gasteiger partial charge in [0.25, 0.3) is 5.91 Å². The van der Waals surface area contributed by atoms with Gasteiger partial charge in [-0.1, -0.05) is 38.5 Å². The predicted molar refractivity (Wildman–Crippen MR) is 162 cm³/mol. The summed E-state index contributed by atoms with van der Waals surface area (Å²) in [5.41, 5.74) is 0. The number of alkyl halides is 2. The molecule has 15 heteroatoms. The first kappa shape index (κ1) is 38.2. The average molecular weight is 681 g/mol. The van der Waals surface area contributed by atoms with E-state index in [0.29, 0.717) is 12.8 Å². The fraction of sp³-hybridized carbons (Fsp3) is 0.938. The second kappa shape index (κ2) is 16.9. The number of ether oxygens (including phenoxy) is 5. The molecule has 272 valence electrons. The van der Waals surface area contributed by atoms with Crippen LogP contribution in [0.2, 0.25) is 0 Å². The molecule has 2 aliphatic heterocycles. The third kappa shape index (κ3) is 9.37. The van der Waals surface area contributed by atoms with Gasteiger partial charge in [-0.25, -0.2) is 8.78 Å². The van der Waals surface area contributed by atoms with Crippen molar-refractivity contribution in [1.29, 1.82) is 0 Å². The van der Waals surface area contributed by atoms with Gasteiger partial charge in [-0.15, -0.1) is 0 Å². The highest BCUT2D eigenvalue weighted by molar-refractivity contribution is 5.80. The minimum atomic E-state index is -2.83. The molecule has 5 unspecified atom stereocenters. The van der Waals surface area contributed by atoms with Gasteiger partial charge in [0.05, 0.1) is 24.4 Å². The van der Waals surface area contributed by atoms with Gasteiger partial charge in [-0.3, -0.25) is 9.59 Å². The van der Waals surface area contributed by atoms with E-state index in [1.165, 1.54) is 18.7 Å². The van der Waals surface area contributed by atoms with Crippen LogP contribution in [0, 0.1) is 11.8 Å². The molecule has 13 nitrogen and oxygen atoms in total. The Morgan fingerprint density at radius 2 is 1.47 bits per heavy atom. The third-order valence-electron chi connectivity index (χ3n) is 10.0. The van der Waals surface area contributed by atoms with Gasteiger partial charge in [0.15, 0.2) is 12.6 Å². The maximum atomic E-state index is 14.4. The van der Waals surface area contributed by atoms with Crippen LogP contribution in [0.15, 0.2) is 0 Å². The summed E-state index contributed by atoms with van der Waals surface area (Å²) in [5, 5.41) is 45.0. The summed E-state index contributed by atoms with van der Waals surface area (Å²) in [6, 6.07) is -1.14. The number of hydrogen-bond donors (Lipinski definition) is 5. The summed E-state index contributed by atoms with van der Waals surface area (Å²) in [6.45, 7) is 4.31. The fourth-order valence-electron chi connectivity index (χ4n) is 7.31. The van der Waals surface area contributed by atoms with E-state index >= 15 is 0 Å². The highest BCUT2D eigenvalue weighted by atomic mass is 19.3. The van der Waals surface area contributed by atoms with Crippen molar-refractivity contribution in [1.82, 2.24) is 10.2 Å². The molecular formula is C32H54F2N2O11. The molecule has 4 fully saturated rings. The Bertz CT molecular complexity index is 1020. The molecule has 0 bridgehead atoms. The SMILES string of the molecule is CC(=O)NC1C(O[C@@H](CC2CCCCC2)C(=O)N(C)C)[C@H](O)[C@H](C)O[C@H]1O[C@@H]1CCCC(C(F)F)[C@H]1OC1O[C@@H](C)[C@H](O)C(O)[C@@H]1O. The first-order chi connectivity index (χ1) is 22.2. The topological polar surface area (TPSA) is 176 Å². The van der Waals surface area contributed by atoms with E-state index in [1.807, 2.05) is 0 Å². The lowest BCUT2D eigenvalue weighted by molar-refractivity contribution is -0.338. The van der Waals surface area contributed by atoms with E-state index in [2.05, 4.69) is 5.32 Å². The molecule has 2 aliphatic carbocycles. The number of aliphatic hydroxyl groups is 4. The second-order valence-electron chi connectivity index (χ2n) is 13.9. The molecule has 0 radical (unpaired) electrons. The summed E-state index contributed by atoms with van der Waals surface area (Å²) < 4.78 is 59.1. The van der Waals surface area contributed by atoms with Crippen LogP contribution < -0.4 is 5.32 Å². The monoisotopic (exact) mass is 680 g/mol. The number of hydrogen-bond acceptors (Lipinski definition) is 11. The number of rotatable bonds is 11. The zero-order valence-corrected chi connectivity index (χ0v) is 28.0. The minimum absolute atomic E-state index is 0.0860. The Morgan fingerprint density at radius 3 is 2.09 bits per heavy atom. The Morgan fingerprint density at radius 1 is 0.830 bits per heavy atom. The Hall–Kier alpha value is -1.56. The van der Waals surface area contributed by atoms with Crippen LogP contribution in [0.25, 0.3) is 0 Å². The average Bonchev–Trinajstić information content (AvgIpc) is 3.02. The number of nitrogens with zero attached hydrogens (tertiary/aromatic N) is 1. The van der Waals surface area contributed by atoms with Gasteiger partial charge >= 0.3 is 0 Å². The second-order valence-corrected chi connectivity index (χ2v) is 13.9. The number of carbonyl (C=O) groups excluding carboxylic acids is 2. The van der Waals surface area contributed by atoms with Crippen molar-refractivity contribution in [3.05, 3.63) is 0 Å². The minimum Gasteiger partial charge on any atom is -0.388 e. The molecule has 0 aromatic carbocycles. The standard InChI is InChI=1S/C32H54F2N2O11/c1-15-23(38)25(40)26(41)32(44-15)47-27-19(29(33)34)12-9-13-20(27)46-31-22(35-17(3)37)28(24(39)16(2)43-31)45-21(30(42)36(4)5)14-18-10-7-6-8-11-18/h15-16,18-29,31-32,38-41H,6-14H2,1-5H3,(H,35,37)/t15-,16-,19?,20+,21-,22?,23-,24+,25?,26-,27+,28?,31-,32?/m0/s1. The highest BCUT2D eigenvalue weighted by Gasteiger charge is 2.52. The number of carbonyl (C=O) groups is 2. The van der Waals surface area contributed by atoms with Crippen LogP contribution in [0.4, 0.5) is 8.78 Å². The Labute approximate surface area is 275 Å². The summed E-state index contributed by atoms with van der Waals surface area (Å²) in [7, 11) is 3.24. The number of amides is 2. The molecule has 47 heavy (non-hydrogen) atoms.